The number of aromatic amines is 2. The maximum absolute atomic E-state index is 15.6. The van der Waals surface area contributed by atoms with Crippen LogP contribution in [0.3, 0.4) is 0 Å². The molecule has 2 aliphatic carbocycles. The van der Waals surface area contributed by atoms with Gasteiger partial charge in [0.05, 0.1) is 43.0 Å². The van der Waals surface area contributed by atoms with Gasteiger partial charge in [0.1, 0.15) is 23.5 Å². The monoisotopic (exact) mass is 654 g/mol. The van der Waals surface area contributed by atoms with Crippen molar-refractivity contribution in [3.8, 4) is 33.6 Å². The third-order valence-corrected chi connectivity index (χ3v) is 11.0. The van der Waals surface area contributed by atoms with Crippen molar-refractivity contribution in [3.63, 3.8) is 0 Å². The van der Waals surface area contributed by atoms with E-state index in [1.165, 1.54) is 39.5 Å². The molecule has 6 unspecified atom stereocenters. The van der Waals surface area contributed by atoms with Gasteiger partial charge in [0, 0.05) is 30.7 Å². The summed E-state index contributed by atoms with van der Waals surface area (Å²) in [5.74, 6) is 3.85. The number of imidazole rings is 2. The summed E-state index contributed by atoms with van der Waals surface area (Å²) in [6, 6.07) is 11.8. The quantitative estimate of drug-likeness (QED) is 0.181. The number of alkyl carbamates (subject to hydrolysis) is 1. The van der Waals surface area contributed by atoms with Crippen LogP contribution in [-0.2, 0) is 14.3 Å². The first-order valence-corrected chi connectivity index (χ1v) is 16.9. The second-order valence-electron chi connectivity index (χ2n) is 13.6. The Labute approximate surface area is 279 Å². The van der Waals surface area contributed by atoms with Crippen LogP contribution in [0.15, 0.2) is 54.9 Å². The lowest BCUT2D eigenvalue weighted by atomic mass is 9.80. The smallest absolute Gasteiger partial charge is 0.407 e. The number of likely N-dealkylation sites (tertiary alicyclic amines) is 1. The molecular weight excluding hydrogens is 611 g/mol. The average molecular weight is 655 g/mol. The summed E-state index contributed by atoms with van der Waals surface area (Å²) in [4.78, 5) is 43.5. The van der Waals surface area contributed by atoms with Crippen molar-refractivity contribution in [2.45, 2.75) is 70.1 Å². The summed E-state index contributed by atoms with van der Waals surface area (Å²) in [6.45, 7) is 4.60. The first-order chi connectivity index (χ1) is 23.2. The zero-order valence-corrected chi connectivity index (χ0v) is 27.8. The Morgan fingerprint density at radius 2 is 1.60 bits per heavy atom. The van der Waals surface area contributed by atoms with Crippen LogP contribution < -0.4 is 5.32 Å². The SMILES string of the molecule is COC(=O)NC(C(=O)N1CCCC1c1ncc(-c2ccc(-c3ccc(-c4cnc([C@H]5C6CCC(C6)C5C)[nH]4)cc3)c(F)c2)[nH]1)C(C)OC. The number of nitrogens with one attached hydrogen (secondary N) is 3. The predicted octanol–water partition coefficient (Wildman–Crippen LogP) is 6.85. The number of carbonyl (C=O) groups is 2. The van der Waals surface area contributed by atoms with Gasteiger partial charge in [0.2, 0.25) is 5.91 Å². The van der Waals surface area contributed by atoms with E-state index < -0.39 is 18.2 Å². The molecule has 3 N–H and O–H groups in total. The second-order valence-corrected chi connectivity index (χ2v) is 13.6. The fourth-order valence-electron chi connectivity index (χ4n) is 8.30. The van der Waals surface area contributed by atoms with E-state index in [0.29, 0.717) is 47.4 Å². The number of nitrogens with zero attached hydrogens (tertiary/aromatic N) is 3. The van der Waals surface area contributed by atoms with Crippen LogP contribution in [0.2, 0.25) is 0 Å². The Bertz CT molecular complexity index is 1780. The highest BCUT2D eigenvalue weighted by atomic mass is 19.1. The molecule has 2 amide bonds. The lowest BCUT2D eigenvalue weighted by molar-refractivity contribution is -0.137. The van der Waals surface area contributed by atoms with Gasteiger partial charge in [-0.3, -0.25) is 4.79 Å². The zero-order chi connectivity index (χ0) is 33.5. The molecule has 1 saturated heterocycles. The van der Waals surface area contributed by atoms with Crippen LogP contribution in [-0.4, -0.2) is 69.7 Å². The normalized spacial score (nSPS) is 24.5. The largest absolute Gasteiger partial charge is 0.453 e. The van der Waals surface area contributed by atoms with Gasteiger partial charge in [0.25, 0.3) is 0 Å². The molecule has 2 saturated carbocycles. The molecule has 2 aromatic heterocycles. The van der Waals surface area contributed by atoms with Crippen LogP contribution in [0, 0.1) is 23.6 Å². The Morgan fingerprint density at radius 3 is 2.29 bits per heavy atom. The topological polar surface area (TPSA) is 125 Å². The van der Waals surface area contributed by atoms with Gasteiger partial charge < -0.3 is 29.7 Å². The lowest BCUT2D eigenvalue weighted by Gasteiger charge is -2.30. The number of carbonyl (C=O) groups excluding carboxylic acids is 2. The van der Waals surface area contributed by atoms with E-state index in [4.69, 9.17) is 14.5 Å². The minimum Gasteiger partial charge on any atom is -0.453 e. The van der Waals surface area contributed by atoms with Gasteiger partial charge in [-0.05, 0) is 74.0 Å². The van der Waals surface area contributed by atoms with Crippen LogP contribution >= 0.6 is 0 Å². The van der Waals surface area contributed by atoms with Crippen molar-refractivity contribution < 1.29 is 23.5 Å². The van der Waals surface area contributed by atoms with E-state index in [1.807, 2.05) is 36.5 Å². The number of aromatic nitrogens is 4. The number of fused-ring (bicyclic) bond motifs is 2. The highest BCUT2D eigenvalue weighted by molar-refractivity contribution is 5.87. The molecule has 252 valence electrons. The molecule has 1 aliphatic heterocycles. The summed E-state index contributed by atoms with van der Waals surface area (Å²) >= 11 is 0. The van der Waals surface area contributed by atoms with Crippen molar-refractivity contribution in [2.75, 3.05) is 20.8 Å². The van der Waals surface area contributed by atoms with Crippen molar-refractivity contribution in [1.29, 1.82) is 0 Å². The first kappa shape index (κ1) is 32.1. The van der Waals surface area contributed by atoms with Crippen molar-refractivity contribution in [2.24, 2.45) is 17.8 Å². The summed E-state index contributed by atoms with van der Waals surface area (Å²) in [5.41, 5.74) is 4.62. The Morgan fingerprint density at radius 1 is 0.938 bits per heavy atom. The van der Waals surface area contributed by atoms with Gasteiger partial charge in [-0.1, -0.05) is 43.3 Å². The molecule has 3 heterocycles. The van der Waals surface area contributed by atoms with E-state index in [-0.39, 0.29) is 17.8 Å². The van der Waals surface area contributed by atoms with Crippen molar-refractivity contribution in [1.82, 2.24) is 30.2 Å². The van der Waals surface area contributed by atoms with Crippen LogP contribution in [0.5, 0.6) is 0 Å². The minimum atomic E-state index is -0.916. The predicted molar refractivity (Wildman–Crippen MR) is 179 cm³/mol. The number of hydrogen-bond acceptors (Lipinski definition) is 6. The summed E-state index contributed by atoms with van der Waals surface area (Å²) in [7, 11) is 2.73. The highest BCUT2D eigenvalue weighted by Gasteiger charge is 2.47. The standard InChI is InChI=1S/C37H43FN6O4/c1-20-24-11-12-26(16-24)32(20)35-40-18-29(42-35)23-9-7-22(8-10-23)27-14-13-25(17-28(27)38)30-19-39-34(41-30)31-6-5-15-44(31)36(45)33(21(2)47-3)43-37(46)48-4/h7-10,13-14,17-21,24,26,31-33H,5-6,11-12,15-16H2,1-4H3,(H,39,41)(H,40,42)(H,43,46)/t20?,21?,24?,26?,31?,32-,33?/m1/s1. The van der Waals surface area contributed by atoms with E-state index in [9.17, 15) is 9.59 Å². The number of halogens is 1. The number of benzene rings is 2. The Kier molecular flexibility index (Phi) is 8.80. The van der Waals surface area contributed by atoms with Gasteiger partial charge in [-0.25, -0.2) is 19.2 Å². The van der Waals surface area contributed by atoms with Gasteiger partial charge in [0.15, 0.2) is 0 Å². The molecule has 2 bridgehead atoms. The van der Waals surface area contributed by atoms with Crippen LogP contribution in [0.1, 0.15) is 69.6 Å². The molecule has 3 fully saturated rings. The van der Waals surface area contributed by atoms with Gasteiger partial charge >= 0.3 is 6.09 Å². The number of methoxy groups -OCH3 is 2. The van der Waals surface area contributed by atoms with E-state index >= 15 is 4.39 Å². The van der Waals surface area contributed by atoms with E-state index in [1.54, 1.807) is 24.1 Å². The van der Waals surface area contributed by atoms with Gasteiger partial charge in [-0.15, -0.1) is 0 Å². The molecule has 0 spiro atoms. The van der Waals surface area contributed by atoms with Crippen molar-refractivity contribution >= 4 is 12.0 Å². The highest BCUT2D eigenvalue weighted by Crippen LogP contribution is 2.56. The maximum atomic E-state index is 15.6. The number of rotatable bonds is 9. The third kappa shape index (κ3) is 5.89. The summed E-state index contributed by atoms with van der Waals surface area (Å²) in [5, 5.41) is 2.60. The van der Waals surface area contributed by atoms with Crippen LogP contribution in [0.25, 0.3) is 33.6 Å². The third-order valence-electron chi connectivity index (χ3n) is 11.0. The lowest BCUT2D eigenvalue weighted by Crippen LogP contribution is -2.54. The molecule has 3 aliphatic rings. The first-order valence-electron chi connectivity index (χ1n) is 16.9. The van der Waals surface area contributed by atoms with E-state index in [2.05, 4.69) is 27.2 Å². The molecule has 7 rings (SSSR count). The summed E-state index contributed by atoms with van der Waals surface area (Å²) < 4.78 is 25.7. The summed E-state index contributed by atoms with van der Waals surface area (Å²) in [6.07, 6.45) is 7.79. The molecule has 2 aromatic carbocycles. The molecular formula is C37H43FN6O4. The zero-order valence-electron chi connectivity index (χ0n) is 27.8. The molecule has 11 heteroatoms. The minimum absolute atomic E-state index is 0.278. The Balaban J connectivity index is 1.04. The second kappa shape index (κ2) is 13.2. The number of hydrogen-bond donors (Lipinski definition) is 3. The Hall–Kier alpha value is -4.51. The molecule has 10 nitrogen and oxygen atoms in total. The van der Waals surface area contributed by atoms with E-state index in [0.717, 1.165) is 40.9 Å². The average Bonchev–Trinajstić information content (AvgIpc) is 3.95. The van der Waals surface area contributed by atoms with Crippen LogP contribution in [0.4, 0.5) is 9.18 Å². The molecule has 7 atom stereocenters. The fraction of sp³-hybridized carbons (Fsp3) is 0.459. The fourth-order valence-corrected chi connectivity index (χ4v) is 8.30. The molecule has 0 radical (unpaired) electrons. The number of H-pyrrole nitrogens is 2. The molecule has 48 heavy (non-hydrogen) atoms. The molecule has 4 aromatic rings. The maximum Gasteiger partial charge on any atom is 0.407 e. The number of amides is 2. The van der Waals surface area contributed by atoms with Gasteiger partial charge in [-0.2, -0.15) is 0 Å². The van der Waals surface area contributed by atoms with Crippen molar-refractivity contribution in [3.05, 3.63) is 72.3 Å². The number of ether oxygens (including phenoxy) is 2.